The highest BCUT2D eigenvalue weighted by Crippen LogP contribution is 2.15. The Labute approximate surface area is 82.7 Å². The molecule has 0 unspecified atom stereocenters. The lowest BCUT2D eigenvalue weighted by Gasteiger charge is -2.00. The van der Waals surface area contributed by atoms with Gasteiger partial charge in [0.05, 0.1) is 0 Å². The summed E-state index contributed by atoms with van der Waals surface area (Å²) in [5.74, 6) is 0.698. The van der Waals surface area contributed by atoms with Gasteiger partial charge in [-0.25, -0.2) is 0 Å². The van der Waals surface area contributed by atoms with Crippen LogP contribution in [0.2, 0.25) is 0 Å². The Balaban J connectivity index is 2.20. The van der Waals surface area contributed by atoms with E-state index in [9.17, 15) is 0 Å². The molecule has 3 heteroatoms. The van der Waals surface area contributed by atoms with Gasteiger partial charge in [0.15, 0.2) is 0 Å². The van der Waals surface area contributed by atoms with Crippen LogP contribution in [0.25, 0.3) is 0 Å². The van der Waals surface area contributed by atoms with Gasteiger partial charge in [0, 0.05) is 23.8 Å². The summed E-state index contributed by atoms with van der Waals surface area (Å²) in [6.07, 6.45) is 1.13. The second-order valence-electron chi connectivity index (χ2n) is 2.72. The zero-order valence-corrected chi connectivity index (χ0v) is 8.84. The number of hydrogen-bond donors (Lipinski definition) is 1. The van der Waals surface area contributed by atoms with Crippen molar-refractivity contribution in [2.45, 2.75) is 13.3 Å². The molecule has 0 saturated carbocycles. The zero-order valence-electron chi connectivity index (χ0n) is 7.27. The maximum atomic E-state index is 5.53. The van der Waals surface area contributed by atoms with Gasteiger partial charge in [-0.05, 0) is 30.4 Å². The lowest BCUT2D eigenvalue weighted by Crippen LogP contribution is -2.19. The first-order valence-corrected chi connectivity index (χ1v) is 5.55. The minimum absolute atomic E-state index is 0.698. The predicted octanol–water partition coefficient (Wildman–Crippen LogP) is 2.43. The van der Waals surface area contributed by atoms with Crippen LogP contribution >= 0.6 is 22.9 Å². The Kier molecular flexibility index (Phi) is 4.66. The Morgan fingerprint density at radius 1 is 1.50 bits per heavy atom. The van der Waals surface area contributed by atoms with E-state index in [0.29, 0.717) is 5.88 Å². The fraction of sp³-hybridized carbons (Fsp3) is 0.556. The molecule has 0 amide bonds. The quantitative estimate of drug-likeness (QED) is 0.573. The van der Waals surface area contributed by atoms with Crippen LogP contribution in [0.4, 0.5) is 0 Å². The highest BCUT2D eigenvalue weighted by molar-refractivity contribution is 7.10. The normalized spacial score (nSPS) is 10.5. The molecule has 0 spiro atoms. The SMILES string of the molecule is Cc1ccsc1CCNCCCl. The fourth-order valence-electron chi connectivity index (χ4n) is 1.05. The molecule has 1 aromatic rings. The monoisotopic (exact) mass is 203 g/mol. The lowest BCUT2D eigenvalue weighted by atomic mass is 10.2. The van der Waals surface area contributed by atoms with E-state index in [2.05, 4.69) is 23.7 Å². The summed E-state index contributed by atoms with van der Waals surface area (Å²) in [4.78, 5) is 1.48. The average Bonchev–Trinajstić information content (AvgIpc) is 2.46. The molecule has 0 fully saturated rings. The van der Waals surface area contributed by atoms with Crippen LogP contribution < -0.4 is 5.32 Å². The summed E-state index contributed by atoms with van der Waals surface area (Å²) < 4.78 is 0. The summed E-state index contributed by atoms with van der Waals surface area (Å²) >= 11 is 7.37. The molecular formula is C9H14ClNS. The van der Waals surface area contributed by atoms with Crippen LogP contribution in [0.5, 0.6) is 0 Å². The van der Waals surface area contributed by atoms with Crippen molar-refractivity contribution in [2.75, 3.05) is 19.0 Å². The van der Waals surface area contributed by atoms with Crippen LogP contribution in [-0.2, 0) is 6.42 Å². The van der Waals surface area contributed by atoms with Crippen molar-refractivity contribution in [1.29, 1.82) is 0 Å². The first-order valence-electron chi connectivity index (χ1n) is 4.14. The van der Waals surface area contributed by atoms with E-state index in [1.54, 1.807) is 0 Å². The van der Waals surface area contributed by atoms with Crippen molar-refractivity contribution in [3.05, 3.63) is 21.9 Å². The van der Waals surface area contributed by atoms with Crippen LogP contribution in [0.3, 0.4) is 0 Å². The van der Waals surface area contributed by atoms with Crippen molar-refractivity contribution in [3.63, 3.8) is 0 Å². The molecule has 1 heterocycles. The summed E-state index contributed by atoms with van der Waals surface area (Å²) in [6, 6.07) is 2.17. The van der Waals surface area contributed by atoms with Gasteiger partial charge in [-0.3, -0.25) is 0 Å². The third-order valence-corrected chi connectivity index (χ3v) is 3.04. The molecule has 1 rings (SSSR count). The Bertz CT molecular complexity index is 222. The van der Waals surface area contributed by atoms with Gasteiger partial charge in [-0.1, -0.05) is 0 Å². The molecule has 1 nitrogen and oxygen atoms in total. The number of aryl methyl sites for hydroxylation is 1. The van der Waals surface area contributed by atoms with Gasteiger partial charge in [-0.15, -0.1) is 22.9 Å². The molecule has 0 aromatic carbocycles. The van der Waals surface area contributed by atoms with Crippen LogP contribution in [0.15, 0.2) is 11.4 Å². The maximum absolute atomic E-state index is 5.53. The van der Waals surface area contributed by atoms with E-state index in [4.69, 9.17) is 11.6 Å². The van der Waals surface area contributed by atoms with Gasteiger partial charge in [-0.2, -0.15) is 0 Å². The highest BCUT2D eigenvalue weighted by atomic mass is 35.5. The molecule has 0 aliphatic carbocycles. The first-order chi connectivity index (χ1) is 5.84. The smallest absolute Gasteiger partial charge is 0.0348 e. The fourth-order valence-corrected chi connectivity index (χ4v) is 2.10. The van der Waals surface area contributed by atoms with E-state index in [-0.39, 0.29) is 0 Å². The van der Waals surface area contributed by atoms with E-state index < -0.39 is 0 Å². The molecule has 12 heavy (non-hydrogen) atoms. The van der Waals surface area contributed by atoms with Crippen LogP contribution in [-0.4, -0.2) is 19.0 Å². The Morgan fingerprint density at radius 2 is 2.33 bits per heavy atom. The largest absolute Gasteiger partial charge is 0.315 e. The Morgan fingerprint density at radius 3 is 2.92 bits per heavy atom. The molecule has 1 aromatic heterocycles. The molecular weight excluding hydrogens is 190 g/mol. The zero-order chi connectivity index (χ0) is 8.81. The highest BCUT2D eigenvalue weighted by Gasteiger charge is 1.97. The average molecular weight is 204 g/mol. The van der Waals surface area contributed by atoms with Crippen LogP contribution in [0, 0.1) is 6.92 Å². The summed E-state index contributed by atoms with van der Waals surface area (Å²) in [7, 11) is 0. The number of hydrogen-bond acceptors (Lipinski definition) is 2. The first kappa shape index (κ1) is 10.0. The second kappa shape index (κ2) is 5.57. The Hall–Kier alpha value is -0.0500. The van der Waals surface area contributed by atoms with Crippen molar-refractivity contribution >= 4 is 22.9 Å². The summed E-state index contributed by atoms with van der Waals surface area (Å²) in [6.45, 7) is 4.10. The minimum Gasteiger partial charge on any atom is -0.315 e. The molecule has 1 N–H and O–H groups in total. The predicted molar refractivity (Wildman–Crippen MR) is 56.3 cm³/mol. The summed E-state index contributed by atoms with van der Waals surface area (Å²) in [5, 5.41) is 5.42. The van der Waals surface area contributed by atoms with Gasteiger partial charge in [0.25, 0.3) is 0 Å². The maximum Gasteiger partial charge on any atom is 0.0348 e. The number of rotatable bonds is 5. The van der Waals surface area contributed by atoms with Crippen molar-refractivity contribution in [2.24, 2.45) is 0 Å². The molecule has 0 bridgehead atoms. The van der Waals surface area contributed by atoms with Crippen molar-refractivity contribution < 1.29 is 0 Å². The van der Waals surface area contributed by atoms with Crippen molar-refractivity contribution in [3.8, 4) is 0 Å². The van der Waals surface area contributed by atoms with E-state index >= 15 is 0 Å². The number of halogens is 1. The van der Waals surface area contributed by atoms with Gasteiger partial charge < -0.3 is 5.32 Å². The van der Waals surface area contributed by atoms with Gasteiger partial charge in [0.1, 0.15) is 0 Å². The number of thiophene rings is 1. The lowest BCUT2D eigenvalue weighted by molar-refractivity contribution is 0.722. The van der Waals surface area contributed by atoms with E-state index in [1.165, 1.54) is 10.4 Å². The second-order valence-corrected chi connectivity index (χ2v) is 4.09. The van der Waals surface area contributed by atoms with Gasteiger partial charge in [0.2, 0.25) is 0 Å². The third-order valence-electron chi connectivity index (χ3n) is 1.77. The van der Waals surface area contributed by atoms with Gasteiger partial charge >= 0.3 is 0 Å². The number of alkyl halides is 1. The standard InChI is InChI=1S/C9H14ClNS/c1-8-3-7-12-9(8)2-5-11-6-4-10/h3,7,11H,2,4-6H2,1H3. The van der Waals surface area contributed by atoms with E-state index in [0.717, 1.165) is 19.5 Å². The van der Waals surface area contributed by atoms with Crippen LogP contribution in [0.1, 0.15) is 10.4 Å². The summed E-state index contributed by atoms with van der Waals surface area (Å²) in [5.41, 5.74) is 1.41. The third kappa shape index (κ3) is 3.13. The number of nitrogens with one attached hydrogen (secondary N) is 1. The minimum atomic E-state index is 0.698. The van der Waals surface area contributed by atoms with E-state index in [1.807, 2.05) is 11.3 Å². The molecule has 0 atom stereocenters. The molecule has 68 valence electrons. The topological polar surface area (TPSA) is 12.0 Å². The van der Waals surface area contributed by atoms with Crippen molar-refractivity contribution in [1.82, 2.24) is 5.32 Å². The molecule has 0 aliphatic heterocycles. The molecule has 0 radical (unpaired) electrons. The molecule has 0 saturated heterocycles. The molecule has 0 aliphatic rings.